The van der Waals surface area contributed by atoms with Crippen LogP contribution in [0.5, 0.6) is 0 Å². The maximum atomic E-state index is 5.61. The van der Waals surface area contributed by atoms with E-state index in [-0.39, 0.29) is 5.41 Å². The molecule has 0 atom stereocenters. The first-order valence-corrected chi connectivity index (χ1v) is 5.28. The van der Waals surface area contributed by atoms with Crippen molar-refractivity contribution in [2.45, 2.75) is 45.1 Å². The predicted molar refractivity (Wildman–Crippen MR) is 55.0 cm³/mol. The minimum Gasteiger partial charge on any atom is -0.330 e. The van der Waals surface area contributed by atoms with Crippen molar-refractivity contribution in [3.63, 3.8) is 0 Å². The molecule has 0 unspecified atom stereocenters. The Hall–Kier alpha value is -0.900. The van der Waals surface area contributed by atoms with Gasteiger partial charge in [0.1, 0.15) is 11.6 Å². The molecule has 0 spiro atoms. The molecule has 78 valence electrons. The van der Waals surface area contributed by atoms with E-state index < -0.39 is 0 Å². The zero-order chi connectivity index (χ0) is 10.2. The van der Waals surface area contributed by atoms with Crippen molar-refractivity contribution < 1.29 is 0 Å². The summed E-state index contributed by atoms with van der Waals surface area (Å²) in [5.74, 6) is 2.25. The van der Waals surface area contributed by atoms with Gasteiger partial charge in [-0.1, -0.05) is 13.8 Å². The van der Waals surface area contributed by atoms with Crippen molar-refractivity contribution in [3.8, 4) is 0 Å². The van der Waals surface area contributed by atoms with E-state index in [0.29, 0.717) is 6.54 Å². The number of rotatable bonds is 3. The number of aryl methyl sites for hydroxylation is 1. The van der Waals surface area contributed by atoms with Crippen LogP contribution >= 0.6 is 0 Å². The summed E-state index contributed by atoms with van der Waals surface area (Å²) in [4.78, 5) is 0. The summed E-state index contributed by atoms with van der Waals surface area (Å²) in [7, 11) is 0. The van der Waals surface area contributed by atoms with Crippen LogP contribution < -0.4 is 5.73 Å². The van der Waals surface area contributed by atoms with E-state index in [9.17, 15) is 0 Å². The highest BCUT2D eigenvalue weighted by atomic mass is 15.3. The van der Waals surface area contributed by atoms with E-state index in [0.717, 1.165) is 31.0 Å². The second-order valence-corrected chi connectivity index (χ2v) is 4.62. The van der Waals surface area contributed by atoms with Gasteiger partial charge in [-0.3, -0.25) is 0 Å². The molecule has 2 rings (SSSR count). The highest BCUT2D eigenvalue weighted by Crippen LogP contribution is 2.27. The summed E-state index contributed by atoms with van der Waals surface area (Å²) in [5.41, 5.74) is 5.67. The lowest BCUT2D eigenvalue weighted by molar-refractivity contribution is 0.433. The Morgan fingerprint density at radius 2 is 2.21 bits per heavy atom. The Balaban J connectivity index is 2.32. The predicted octanol–water partition coefficient (Wildman–Crippen LogP) is 0.851. The normalized spacial score (nSPS) is 15.9. The van der Waals surface area contributed by atoms with E-state index in [2.05, 4.69) is 28.6 Å². The molecule has 0 fully saturated rings. The first-order valence-electron chi connectivity index (χ1n) is 5.28. The third-order valence-corrected chi connectivity index (χ3v) is 2.98. The molecule has 0 bridgehead atoms. The van der Waals surface area contributed by atoms with Gasteiger partial charge in [-0.15, -0.1) is 10.2 Å². The monoisotopic (exact) mass is 194 g/mol. The van der Waals surface area contributed by atoms with E-state index in [4.69, 9.17) is 5.73 Å². The number of fused-ring (bicyclic) bond motifs is 1. The molecule has 4 heteroatoms. The molecule has 0 radical (unpaired) electrons. The fourth-order valence-electron chi connectivity index (χ4n) is 2.12. The number of hydrogen-bond donors (Lipinski definition) is 1. The maximum absolute atomic E-state index is 5.61. The van der Waals surface area contributed by atoms with Crippen molar-refractivity contribution in [2.75, 3.05) is 6.54 Å². The van der Waals surface area contributed by atoms with Crippen LogP contribution in [0.2, 0.25) is 0 Å². The van der Waals surface area contributed by atoms with Gasteiger partial charge in [0, 0.05) is 18.4 Å². The van der Waals surface area contributed by atoms with Crippen LogP contribution in [0.25, 0.3) is 0 Å². The Kier molecular flexibility index (Phi) is 2.31. The summed E-state index contributed by atoms with van der Waals surface area (Å²) in [6.07, 6.45) is 3.24. The smallest absolute Gasteiger partial charge is 0.138 e. The van der Waals surface area contributed by atoms with Crippen LogP contribution in [-0.2, 0) is 18.4 Å². The largest absolute Gasteiger partial charge is 0.330 e. The Labute approximate surface area is 84.5 Å². The molecule has 2 N–H and O–H groups in total. The van der Waals surface area contributed by atoms with Gasteiger partial charge < -0.3 is 10.3 Å². The SMILES string of the molecule is CC(C)(CCN)c1nnc2n1CCC2. The molecular formula is C10H18N4. The second kappa shape index (κ2) is 3.35. The van der Waals surface area contributed by atoms with Crippen molar-refractivity contribution in [1.82, 2.24) is 14.8 Å². The lowest BCUT2D eigenvalue weighted by atomic mass is 9.88. The molecule has 0 saturated heterocycles. The van der Waals surface area contributed by atoms with E-state index >= 15 is 0 Å². The van der Waals surface area contributed by atoms with E-state index in [1.165, 1.54) is 6.42 Å². The molecule has 4 nitrogen and oxygen atoms in total. The van der Waals surface area contributed by atoms with Crippen LogP contribution in [0.15, 0.2) is 0 Å². The first-order chi connectivity index (χ1) is 6.65. The molecule has 1 aromatic heterocycles. The lowest BCUT2D eigenvalue weighted by Crippen LogP contribution is -2.26. The molecule has 0 aromatic carbocycles. The van der Waals surface area contributed by atoms with Gasteiger partial charge in [0.15, 0.2) is 0 Å². The van der Waals surface area contributed by atoms with Crippen LogP contribution in [-0.4, -0.2) is 21.3 Å². The zero-order valence-electron chi connectivity index (χ0n) is 8.95. The molecule has 1 aliphatic heterocycles. The average Bonchev–Trinajstić information content (AvgIpc) is 2.60. The topological polar surface area (TPSA) is 56.7 Å². The van der Waals surface area contributed by atoms with Crippen molar-refractivity contribution in [1.29, 1.82) is 0 Å². The number of aromatic nitrogens is 3. The third-order valence-electron chi connectivity index (χ3n) is 2.98. The zero-order valence-corrected chi connectivity index (χ0v) is 8.95. The van der Waals surface area contributed by atoms with E-state index in [1.807, 2.05) is 0 Å². The maximum Gasteiger partial charge on any atom is 0.138 e. The van der Waals surface area contributed by atoms with Crippen LogP contribution in [0.1, 0.15) is 38.3 Å². The highest BCUT2D eigenvalue weighted by molar-refractivity contribution is 5.10. The molecule has 1 aromatic rings. The van der Waals surface area contributed by atoms with E-state index in [1.54, 1.807) is 0 Å². The average molecular weight is 194 g/mol. The highest BCUT2D eigenvalue weighted by Gasteiger charge is 2.29. The standard InChI is InChI=1S/C10H18N4/c1-10(2,5-6-11)9-13-12-8-4-3-7-14(8)9/h3-7,11H2,1-2H3. The summed E-state index contributed by atoms with van der Waals surface area (Å²) < 4.78 is 2.26. The number of nitrogens with zero attached hydrogens (tertiary/aromatic N) is 3. The lowest BCUT2D eigenvalue weighted by Gasteiger charge is -2.22. The van der Waals surface area contributed by atoms with Crippen molar-refractivity contribution >= 4 is 0 Å². The van der Waals surface area contributed by atoms with Gasteiger partial charge in [0.25, 0.3) is 0 Å². The molecule has 0 saturated carbocycles. The molecular weight excluding hydrogens is 176 g/mol. The van der Waals surface area contributed by atoms with Gasteiger partial charge >= 0.3 is 0 Å². The van der Waals surface area contributed by atoms with Crippen LogP contribution in [0, 0.1) is 0 Å². The Bertz CT molecular complexity index is 327. The number of hydrogen-bond acceptors (Lipinski definition) is 3. The number of nitrogens with two attached hydrogens (primary N) is 1. The van der Waals surface area contributed by atoms with Crippen LogP contribution in [0.3, 0.4) is 0 Å². The minimum absolute atomic E-state index is 0.0599. The quantitative estimate of drug-likeness (QED) is 0.776. The summed E-state index contributed by atoms with van der Waals surface area (Å²) >= 11 is 0. The fraction of sp³-hybridized carbons (Fsp3) is 0.800. The molecule has 0 aliphatic carbocycles. The Morgan fingerprint density at radius 1 is 1.43 bits per heavy atom. The van der Waals surface area contributed by atoms with Gasteiger partial charge in [-0.05, 0) is 19.4 Å². The minimum atomic E-state index is 0.0599. The van der Waals surface area contributed by atoms with Gasteiger partial charge in [0.2, 0.25) is 0 Å². The van der Waals surface area contributed by atoms with Crippen molar-refractivity contribution in [3.05, 3.63) is 11.6 Å². The third kappa shape index (κ3) is 1.43. The van der Waals surface area contributed by atoms with Gasteiger partial charge in [-0.25, -0.2) is 0 Å². The molecule has 1 aliphatic rings. The first kappa shape index (κ1) is 9.65. The van der Waals surface area contributed by atoms with Crippen LogP contribution in [0.4, 0.5) is 0 Å². The summed E-state index contributed by atoms with van der Waals surface area (Å²) in [6, 6.07) is 0. The fourth-order valence-corrected chi connectivity index (χ4v) is 2.12. The van der Waals surface area contributed by atoms with Crippen molar-refractivity contribution in [2.24, 2.45) is 5.73 Å². The van der Waals surface area contributed by atoms with Gasteiger partial charge in [0.05, 0.1) is 0 Å². The Morgan fingerprint density at radius 3 is 2.93 bits per heavy atom. The second-order valence-electron chi connectivity index (χ2n) is 4.62. The van der Waals surface area contributed by atoms with Gasteiger partial charge in [-0.2, -0.15) is 0 Å². The molecule has 2 heterocycles. The molecule has 0 amide bonds. The summed E-state index contributed by atoms with van der Waals surface area (Å²) in [6.45, 7) is 6.16. The summed E-state index contributed by atoms with van der Waals surface area (Å²) in [5, 5.41) is 8.50. The molecule has 14 heavy (non-hydrogen) atoms.